The van der Waals surface area contributed by atoms with Crippen molar-refractivity contribution in [2.24, 2.45) is 0 Å². The number of halogens is 1. The summed E-state index contributed by atoms with van der Waals surface area (Å²) in [6, 6.07) is 10.9. The Labute approximate surface area is 172 Å². The summed E-state index contributed by atoms with van der Waals surface area (Å²) in [6.07, 6.45) is 2.49. The molecule has 0 bridgehead atoms. The smallest absolute Gasteiger partial charge is 0.166 e. The number of rotatable bonds is 4. The predicted octanol–water partition coefficient (Wildman–Crippen LogP) is 4.75. The average molecular weight is 412 g/mol. The molecule has 1 aliphatic rings. The molecule has 0 amide bonds. The van der Waals surface area contributed by atoms with Gasteiger partial charge in [0.25, 0.3) is 0 Å². The van der Waals surface area contributed by atoms with Crippen molar-refractivity contribution in [3.8, 4) is 26.8 Å². The molecule has 2 atom stereocenters. The minimum Gasteiger partial charge on any atom is -0.504 e. The number of ether oxygens (including phenoxy) is 1. The van der Waals surface area contributed by atoms with E-state index in [1.165, 1.54) is 23.5 Å². The SMILES string of the molecule is CC1CN(c2ccc(-c3ncc(-c4cc(F)c(O)c(C=O)c4)s3)cc2)CC(C)O1. The number of aromatic nitrogens is 1. The Morgan fingerprint density at radius 3 is 2.52 bits per heavy atom. The molecular weight excluding hydrogens is 391 g/mol. The lowest BCUT2D eigenvalue weighted by molar-refractivity contribution is -0.00521. The first-order valence-corrected chi connectivity index (χ1v) is 10.2. The van der Waals surface area contributed by atoms with Crippen molar-refractivity contribution in [3.05, 3.63) is 54.0 Å². The Balaban J connectivity index is 1.57. The fourth-order valence-corrected chi connectivity index (χ4v) is 4.51. The molecule has 2 heterocycles. The molecule has 3 aromatic rings. The van der Waals surface area contributed by atoms with Crippen molar-refractivity contribution in [1.82, 2.24) is 4.98 Å². The van der Waals surface area contributed by atoms with Crippen molar-refractivity contribution in [2.45, 2.75) is 26.1 Å². The Bertz CT molecular complexity index is 1030. The number of phenols is 1. The van der Waals surface area contributed by atoms with Crippen LogP contribution in [0.2, 0.25) is 0 Å². The molecule has 29 heavy (non-hydrogen) atoms. The second-order valence-corrected chi connectivity index (χ2v) is 8.28. The highest BCUT2D eigenvalue weighted by Crippen LogP contribution is 2.35. The number of phenolic OH excluding ortho intramolecular Hbond substituents is 1. The van der Waals surface area contributed by atoms with Crippen LogP contribution in [0.1, 0.15) is 24.2 Å². The van der Waals surface area contributed by atoms with Crippen LogP contribution in [-0.2, 0) is 4.74 Å². The molecule has 1 saturated heterocycles. The summed E-state index contributed by atoms with van der Waals surface area (Å²) in [4.78, 5) is 18.5. The number of nitrogens with zero attached hydrogens (tertiary/aromatic N) is 2. The van der Waals surface area contributed by atoms with Crippen LogP contribution in [0.4, 0.5) is 10.1 Å². The average Bonchev–Trinajstić information content (AvgIpc) is 3.19. The maximum Gasteiger partial charge on any atom is 0.166 e. The van der Waals surface area contributed by atoms with Crippen LogP contribution < -0.4 is 4.90 Å². The van der Waals surface area contributed by atoms with E-state index in [1.54, 1.807) is 6.20 Å². The summed E-state index contributed by atoms with van der Waals surface area (Å²) in [7, 11) is 0. The topological polar surface area (TPSA) is 62.7 Å². The third-order valence-corrected chi connectivity index (χ3v) is 6.00. The van der Waals surface area contributed by atoms with E-state index in [1.807, 2.05) is 12.1 Å². The van der Waals surface area contributed by atoms with Gasteiger partial charge in [-0.15, -0.1) is 11.3 Å². The van der Waals surface area contributed by atoms with E-state index in [2.05, 4.69) is 35.9 Å². The number of anilines is 1. The van der Waals surface area contributed by atoms with Crippen LogP contribution in [-0.4, -0.2) is 41.7 Å². The Kier molecular flexibility index (Phi) is 5.34. The van der Waals surface area contributed by atoms with Gasteiger partial charge < -0.3 is 14.7 Å². The molecule has 1 aromatic heterocycles. The van der Waals surface area contributed by atoms with E-state index in [0.717, 1.165) is 34.2 Å². The zero-order valence-electron chi connectivity index (χ0n) is 16.1. The molecule has 5 nitrogen and oxygen atoms in total. The van der Waals surface area contributed by atoms with E-state index in [-0.39, 0.29) is 17.8 Å². The number of hydrogen-bond donors (Lipinski definition) is 1. The summed E-state index contributed by atoms with van der Waals surface area (Å²) in [5.74, 6) is -1.45. The molecule has 1 N–H and O–H groups in total. The molecule has 150 valence electrons. The van der Waals surface area contributed by atoms with Gasteiger partial charge in [0.2, 0.25) is 0 Å². The van der Waals surface area contributed by atoms with Crippen LogP contribution in [0, 0.1) is 5.82 Å². The van der Waals surface area contributed by atoms with Gasteiger partial charge in [0.05, 0.1) is 22.6 Å². The summed E-state index contributed by atoms with van der Waals surface area (Å²) in [5.41, 5.74) is 2.55. The van der Waals surface area contributed by atoms with E-state index >= 15 is 0 Å². The first kappa shape index (κ1) is 19.5. The van der Waals surface area contributed by atoms with Gasteiger partial charge in [0, 0.05) is 30.5 Å². The van der Waals surface area contributed by atoms with Crippen LogP contribution >= 0.6 is 11.3 Å². The molecular formula is C22H21FN2O3S. The van der Waals surface area contributed by atoms with Gasteiger partial charge in [-0.1, -0.05) is 0 Å². The van der Waals surface area contributed by atoms with E-state index in [9.17, 15) is 14.3 Å². The summed E-state index contributed by atoms with van der Waals surface area (Å²) in [5, 5.41) is 10.4. The number of morpholine rings is 1. The minimum absolute atomic E-state index is 0.0757. The van der Waals surface area contributed by atoms with Crippen molar-refractivity contribution in [3.63, 3.8) is 0 Å². The fraction of sp³-hybridized carbons (Fsp3) is 0.273. The molecule has 7 heteroatoms. The summed E-state index contributed by atoms with van der Waals surface area (Å²) in [6.45, 7) is 5.87. The standard InChI is InChI=1S/C22H21FN2O3S/c1-13-10-25(11-14(2)28-13)18-5-3-15(4-6-18)22-24-9-20(29-22)16-7-17(12-26)21(27)19(23)8-16/h3-9,12-14,27H,10-11H2,1-2H3. The lowest BCUT2D eigenvalue weighted by atomic mass is 10.1. The number of carbonyl (C=O) groups excluding carboxylic acids is 1. The van der Waals surface area contributed by atoms with Gasteiger partial charge in [-0.2, -0.15) is 0 Å². The normalized spacial score (nSPS) is 19.3. The second kappa shape index (κ2) is 7.93. The summed E-state index contributed by atoms with van der Waals surface area (Å²) >= 11 is 1.41. The van der Waals surface area contributed by atoms with Gasteiger partial charge in [0.15, 0.2) is 17.9 Å². The zero-order chi connectivity index (χ0) is 20.5. The highest BCUT2D eigenvalue weighted by Gasteiger charge is 2.22. The zero-order valence-corrected chi connectivity index (χ0v) is 16.9. The van der Waals surface area contributed by atoms with Gasteiger partial charge in [-0.25, -0.2) is 9.37 Å². The second-order valence-electron chi connectivity index (χ2n) is 7.25. The molecule has 2 unspecified atom stereocenters. The lowest BCUT2D eigenvalue weighted by Crippen LogP contribution is -2.45. The molecule has 1 fully saturated rings. The number of hydrogen-bond acceptors (Lipinski definition) is 6. The monoisotopic (exact) mass is 412 g/mol. The quantitative estimate of drug-likeness (QED) is 0.627. The highest BCUT2D eigenvalue weighted by atomic mass is 32.1. The maximum absolute atomic E-state index is 13.9. The molecule has 0 spiro atoms. The summed E-state index contributed by atoms with van der Waals surface area (Å²) < 4.78 is 19.7. The van der Waals surface area contributed by atoms with Gasteiger partial charge in [-0.05, 0) is 55.8 Å². The van der Waals surface area contributed by atoms with Gasteiger partial charge >= 0.3 is 0 Å². The molecule has 2 aromatic carbocycles. The number of aldehydes is 1. The molecule has 1 aliphatic heterocycles. The molecule has 0 aliphatic carbocycles. The van der Waals surface area contributed by atoms with E-state index in [4.69, 9.17) is 4.74 Å². The van der Waals surface area contributed by atoms with Crippen molar-refractivity contribution in [2.75, 3.05) is 18.0 Å². The minimum atomic E-state index is -0.821. The van der Waals surface area contributed by atoms with Gasteiger partial charge in [-0.3, -0.25) is 4.79 Å². The van der Waals surface area contributed by atoms with Crippen LogP contribution in [0.3, 0.4) is 0 Å². The third kappa shape index (κ3) is 4.02. The molecule has 0 saturated carbocycles. The Morgan fingerprint density at radius 2 is 1.86 bits per heavy atom. The Hall–Kier alpha value is -2.77. The Morgan fingerprint density at radius 1 is 1.17 bits per heavy atom. The predicted molar refractivity (Wildman–Crippen MR) is 112 cm³/mol. The van der Waals surface area contributed by atoms with Crippen LogP contribution in [0.5, 0.6) is 5.75 Å². The fourth-order valence-electron chi connectivity index (χ4n) is 3.60. The van der Waals surface area contributed by atoms with Crippen LogP contribution in [0.25, 0.3) is 21.0 Å². The largest absolute Gasteiger partial charge is 0.504 e. The van der Waals surface area contributed by atoms with Crippen molar-refractivity contribution >= 4 is 23.3 Å². The highest BCUT2D eigenvalue weighted by molar-refractivity contribution is 7.18. The molecule has 4 rings (SSSR count). The first-order chi connectivity index (χ1) is 13.9. The van der Waals surface area contributed by atoms with Gasteiger partial charge in [0.1, 0.15) is 5.01 Å². The lowest BCUT2D eigenvalue weighted by Gasteiger charge is -2.36. The maximum atomic E-state index is 13.9. The number of thiazole rings is 1. The van der Waals surface area contributed by atoms with Crippen molar-refractivity contribution in [1.29, 1.82) is 0 Å². The number of benzene rings is 2. The third-order valence-electron chi connectivity index (χ3n) is 4.91. The first-order valence-electron chi connectivity index (χ1n) is 9.39. The molecule has 0 radical (unpaired) electrons. The van der Waals surface area contributed by atoms with Crippen LogP contribution in [0.15, 0.2) is 42.6 Å². The number of carbonyl (C=O) groups is 1. The number of aromatic hydroxyl groups is 1. The van der Waals surface area contributed by atoms with E-state index in [0.29, 0.717) is 11.8 Å². The van der Waals surface area contributed by atoms with E-state index < -0.39 is 11.6 Å². The van der Waals surface area contributed by atoms with Crippen molar-refractivity contribution < 1.29 is 19.0 Å².